The fraction of sp³-hybridized carbons (Fsp3) is 0.273. The number of halogens is 3. The van der Waals surface area contributed by atoms with Crippen molar-refractivity contribution in [1.82, 2.24) is 20.1 Å². The lowest BCUT2D eigenvalue weighted by molar-refractivity contribution is -0.274. The van der Waals surface area contributed by atoms with Crippen LogP contribution in [0.1, 0.15) is 54.9 Å². The molecule has 2 amide bonds. The zero-order chi connectivity index (χ0) is 31.6. The van der Waals surface area contributed by atoms with Crippen molar-refractivity contribution in [3.63, 3.8) is 0 Å². The van der Waals surface area contributed by atoms with E-state index in [1.54, 1.807) is 0 Å². The van der Waals surface area contributed by atoms with Gasteiger partial charge in [0.05, 0.1) is 16.6 Å². The van der Waals surface area contributed by atoms with E-state index in [0.717, 1.165) is 16.2 Å². The number of hydrogen-bond acceptors (Lipinski definition) is 5. The molecule has 5 rings (SSSR count). The van der Waals surface area contributed by atoms with E-state index >= 15 is 0 Å². The van der Waals surface area contributed by atoms with Crippen LogP contribution in [-0.4, -0.2) is 38.2 Å². The number of nitrogens with one attached hydrogen (secondary N) is 1. The van der Waals surface area contributed by atoms with Gasteiger partial charge in [0, 0.05) is 17.5 Å². The largest absolute Gasteiger partial charge is 0.573 e. The van der Waals surface area contributed by atoms with E-state index < -0.39 is 6.36 Å². The van der Waals surface area contributed by atoms with Crippen molar-refractivity contribution in [3.05, 3.63) is 106 Å². The monoisotopic (exact) mass is 619 g/mol. The summed E-state index contributed by atoms with van der Waals surface area (Å²) in [5.74, 6) is 0.136. The smallest absolute Gasteiger partial charge is 0.406 e. The lowest BCUT2D eigenvalue weighted by Gasteiger charge is -2.22. The van der Waals surface area contributed by atoms with Crippen LogP contribution in [-0.2, 0) is 0 Å². The average Bonchev–Trinajstić information content (AvgIpc) is 3.60. The summed E-state index contributed by atoms with van der Waals surface area (Å²) in [5, 5.41) is 10.3. The van der Waals surface area contributed by atoms with Gasteiger partial charge in [-0.3, -0.25) is 0 Å². The van der Waals surface area contributed by atoms with E-state index in [9.17, 15) is 18.0 Å². The Morgan fingerprint density at radius 1 is 1.00 bits per heavy atom. The molecular formula is C33H32F3N5O2S. The molecular weight excluding hydrogens is 587 g/mol. The minimum atomic E-state index is -4.75. The number of rotatable bonds is 7. The third-order valence-corrected chi connectivity index (χ3v) is 8.79. The summed E-state index contributed by atoms with van der Waals surface area (Å²) in [6, 6.07) is 18.8. The number of benzene rings is 3. The van der Waals surface area contributed by atoms with Crippen LogP contribution < -0.4 is 10.1 Å². The Bertz CT molecular complexity index is 1690. The molecule has 0 aliphatic carbocycles. The van der Waals surface area contributed by atoms with Crippen LogP contribution in [0.4, 0.5) is 18.0 Å². The third-order valence-electron chi connectivity index (χ3n) is 7.73. The van der Waals surface area contributed by atoms with Crippen molar-refractivity contribution in [2.75, 3.05) is 0 Å². The molecule has 44 heavy (non-hydrogen) atoms. The van der Waals surface area contributed by atoms with Crippen molar-refractivity contribution in [2.24, 2.45) is 4.99 Å². The first-order chi connectivity index (χ1) is 20.9. The minimum absolute atomic E-state index is 0.00153. The fourth-order valence-electron chi connectivity index (χ4n) is 5.21. The number of nitrogens with zero attached hydrogens (tertiary/aromatic N) is 4. The number of carbonyl (C=O) groups is 1. The quantitative estimate of drug-likeness (QED) is 0.224. The van der Waals surface area contributed by atoms with Crippen LogP contribution in [0.15, 0.2) is 89.0 Å². The van der Waals surface area contributed by atoms with Gasteiger partial charge < -0.3 is 10.1 Å². The summed E-state index contributed by atoms with van der Waals surface area (Å²) < 4.78 is 42.7. The molecule has 0 saturated carbocycles. The number of aliphatic imine (C=N–C) groups is 1. The molecule has 3 unspecified atom stereocenters. The Kier molecular flexibility index (Phi) is 8.96. The molecule has 1 aromatic heterocycles. The number of amides is 2. The molecule has 0 spiro atoms. The van der Waals surface area contributed by atoms with Crippen LogP contribution in [0.25, 0.3) is 17.1 Å². The van der Waals surface area contributed by atoms with Crippen LogP contribution in [0.3, 0.4) is 0 Å². The van der Waals surface area contributed by atoms with Crippen LogP contribution >= 0.6 is 11.8 Å². The van der Waals surface area contributed by atoms with Gasteiger partial charge in [-0.1, -0.05) is 66.7 Å². The lowest BCUT2D eigenvalue weighted by atomic mass is 9.87. The Labute approximate surface area is 258 Å². The zero-order valence-corrected chi connectivity index (χ0v) is 25.7. The predicted octanol–water partition coefficient (Wildman–Crippen LogP) is 8.48. The first-order valence-corrected chi connectivity index (χ1v) is 14.9. The van der Waals surface area contributed by atoms with Crippen molar-refractivity contribution < 1.29 is 22.7 Å². The number of ether oxygens (including phenoxy) is 1. The SMILES string of the molecule is CC1=CS/C(=N\C(=O)NC(C)C(C)c2ccc(-c3ncn(-c4ccc(OC(F)(F)F)cc4)n3)cc2)C1c1c(C)cccc1C. The Hall–Kier alpha value is -4.38. The maximum absolute atomic E-state index is 13.0. The number of urea groups is 1. The topological polar surface area (TPSA) is 81.4 Å². The molecule has 3 atom stereocenters. The average molecular weight is 620 g/mol. The zero-order valence-electron chi connectivity index (χ0n) is 24.9. The summed E-state index contributed by atoms with van der Waals surface area (Å²) >= 11 is 1.50. The van der Waals surface area contributed by atoms with E-state index in [4.69, 9.17) is 0 Å². The first-order valence-electron chi connectivity index (χ1n) is 14.1. The van der Waals surface area contributed by atoms with E-state index in [2.05, 4.69) is 63.4 Å². The molecule has 0 bridgehead atoms. The summed E-state index contributed by atoms with van der Waals surface area (Å²) in [6.45, 7) is 10.3. The molecule has 3 aromatic carbocycles. The van der Waals surface area contributed by atoms with Crippen molar-refractivity contribution in [2.45, 2.75) is 58.9 Å². The highest BCUT2D eigenvalue weighted by Crippen LogP contribution is 2.41. The molecule has 7 nitrogen and oxygen atoms in total. The summed E-state index contributed by atoms with van der Waals surface area (Å²) in [4.78, 5) is 21.9. The van der Waals surface area contributed by atoms with Gasteiger partial charge in [-0.2, -0.15) is 4.99 Å². The number of allylic oxidation sites excluding steroid dienone is 1. The standard InChI is InChI=1S/C33H32F3N5O2S/c1-19-7-6-8-20(2)28(19)29-21(3)17-44-31(29)39-32(42)38-23(5)22(4)24-9-11-25(12-10-24)30-37-18-41(40-30)26-13-15-27(16-14-26)43-33(34,35)36/h6-18,22-23,29H,1-5H3,(H,38,42)/b39-31-. The van der Waals surface area contributed by atoms with E-state index in [0.29, 0.717) is 11.5 Å². The molecule has 1 aliphatic heterocycles. The van der Waals surface area contributed by atoms with Crippen molar-refractivity contribution in [3.8, 4) is 22.8 Å². The second-order valence-electron chi connectivity index (χ2n) is 10.9. The molecule has 4 aromatic rings. The predicted molar refractivity (Wildman–Crippen MR) is 167 cm³/mol. The van der Waals surface area contributed by atoms with Gasteiger partial charge in [-0.15, -0.1) is 18.3 Å². The number of hydrogen-bond donors (Lipinski definition) is 1. The van der Waals surface area contributed by atoms with E-state index in [-0.39, 0.29) is 29.7 Å². The molecule has 0 saturated heterocycles. The van der Waals surface area contributed by atoms with Crippen molar-refractivity contribution in [1.29, 1.82) is 0 Å². The maximum Gasteiger partial charge on any atom is 0.573 e. The highest BCUT2D eigenvalue weighted by atomic mass is 32.2. The Morgan fingerprint density at radius 2 is 1.66 bits per heavy atom. The molecule has 0 fully saturated rings. The number of aromatic nitrogens is 3. The number of alkyl halides is 3. The number of aryl methyl sites for hydroxylation is 2. The van der Waals surface area contributed by atoms with Gasteiger partial charge in [0.1, 0.15) is 12.1 Å². The second kappa shape index (κ2) is 12.7. The summed E-state index contributed by atoms with van der Waals surface area (Å²) in [7, 11) is 0. The highest BCUT2D eigenvalue weighted by Gasteiger charge is 2.31. The van der Waals surface area contributed by atoms with Gasteiger partial charge in [-0.05, 0) is 79.6 Å². The second-order valence-corrected chi connectivity index (χ2v) is 11.8. The highest BCUT2D eigenvalue weighted by molar-refractivity contribution is 8.17. The molecule has 228 valence electrons. The minimum Gasteiger partial charge on any atom is -0.406 e. The van der Waals surface area contributed by atoms with Gasteiger partial charge in [-0.25, -0.2) is 14.5 Å². The summed E-state index contributed by atoms with van der Waals surface area (Å²) in [5.41, 5.74) is 7.08. The Morgan fingerprint density at radius 3 is 2.30 bits per heavy atom. The molecule has 1 aliphatic rings. The van der Waals surface area contributed by atoms with Gasteiger partial charge in [0.15, 0.2) is 5.82 Å². The van der Waals surface area contributed by atoms with Gasteiger partial charge >= 0.3 is 12.4 Å². The van der Waals surface area contributed by atoms with Gasteiger partial charge in [0.2, 0.25) is 0 Å². The number of thioether (sulfide) groups is 1. The normalized spacial score (nSPS) is 17.3. The molecule has 11 heteroatoms. The van der Waals surface area contributed by atoms with Crippen LogP contribution in [0.2, 0.25) is 0 Å². The van der Waals surface area contributed by atoms with Crippen LogP contribution in [0.5, 0.6) is 5.75 Å². The first kappa shape index (κ1) is 31.1. The Balaban J connectivity index is 1.23. The lowest BCUT2D eigenvalue weighted by Crippen LogP contribution is -2.34. The van der Waals surface area contributed by atoms with Gasteiger partial charge in [0.25, 0.3) is 0 Å². The van der Waals surface area contributed by atoms with E-state index in [1.165, 1.54) is 69.3 Å². The third kappa shape index (κ3) is 7.05. The number of carbonyl (C=O) groups excluding carboxylic acids is 1. The molecule has 2 heterocycles. The van der Waals surface area contributed by atoms with Crippen molar-refractivity contribution >= 4 is 22.8 Å². The van der Waals surface area contributed by atoms with Crippen LogP contribution in [0, 0.1) is 13.8 Å². The fourth-order valence-corrected chi connectivity index (χ4v) is 6.22. The van der Waals surface area contributed by atoms with E-state index in [1.807, 2.05) is 44.2 Å². The molecule has 1 N–H and O–H groups in total. The molecule has 0 radical (unpaired) electrons. The summed E-state index contributed by atoms with van der Waals surface area (Å²) in [6.07, 6.45) is -3.26. The maximum atomic E-state index is 13.0.